The molecule has 13 heavy (non-hydrogen) atoms. The highest BCUT2D eigenvalue weighted by atomic mass is 33.1. The fourth-order valence-corrected chi connectivity index (χ4v) is 1.77. The molecule has 0 amide bonds. The molecule has 0 aliphatic rings. The highest BCUT2D eigenvalue weighted by Crippen LogP contribution is 2.25. The monoisotopic (exact) mass is 220 g/mol. The van der Waals surface area contributed by atoms with E-state index in [-0.39, 0.29) is 12.4 Å². The van der Waals surface area contributed by atoms with Crippen molar-refractivity contribution in [2.45, 2.75) is 12.8 Å². The molecule has 0 aliphatic carbocycles. The van der Waals surface area contributed by atoms with E-state index in [1.165, 1.54) is 7.11 Å². The summed E-state index contributed by atoms with van der Waals surface area (Å²) in [6.07, 6.45) is 0.731. The van der Waals surface area contributed by atoms with Crippen LogP contribution in [0.3, 0.4) is 0 Å². The van der Waals surface area contributed by atoms with Gasteiger partial charge in [0, 0.05) is 6.42 Å². The Morgan fingerprint density at radius 1 is 1.77 bits per heavy atom. The lowest BCUT2D eigenvalue weighted by molar-refractivity contribution is -0.140. The van der Waals surface area contributed by atoms with Crippen LogP contribution < -0.4 is 5.73 Å². The molecule has 1 heterocycles. The number of ether oxygens (including phenoxy) is 1. The fraction of sp³-hybridized carbons (Fsp3) is 0.500. The number of nitrogens with two attached hydrogens (primary N) is 1. The number of rotatable bonds is 3. The van der Waals surface area contributed by atoms with Gasteiger partial charge in [0.15, 0.2) is 5.82 Å². The van der Waals surface area contributed by atoms with Crippen LogP contribution in [0.5, 0.6) is 0 Å². The number of nitrogens with zero attached hydrogens (tertiary/aromatic N) is 2. The molecule has 0 aromatic carbocycles. The minimum absolute atomic E-state index is 0.275. The maximum atomic E-state index is 10.8. The Kier molecular flexibility index (Phi) is 3.49. The van der Waals surface area contributed by atoms with Gasteiger partial charge in [-0.15, -0.1) is 0 Å². The van der Waals surface area contributed by atoms with Gasteiger partial charge in [0.05, 0.1) is 13.5 Å². The number of methoxy groups -OCH3 is 1. The van der Waals surface area contributed by atoms with Crippen LogP contribution in [0.25, 0.3) is 0 Å². The number of carbonyl (C=O) groups is 1. The van der Waals surface area contributed by atoms with Crippen LogP contribution in [-0.4, -0.2) is 22.4 Å². The third kappa shape index (κ3) is 2.85. The smallest absolute Gasteiger partial charge is 0.376 e. The summed E-state index contributed by atoms with van der Waals surface area (Å²) in [5, 5.41) is 0.406. The number of nitrogen functional groups attached to an aromatic ring is 1. The second-order valence-electron chi connectivity index (χ2n) is 2.30. The first-order chi connectivity index (χ1) is 6.13. The maximum Gasteiger partial charge on any atom is 0.376 e. The molecule has 72 valence electrons. The van der Waals surface area contributed by atoms with Gasteiger partial charge in [-0.1, -0.05) is 0 Å². The van der Waals surface area contributed by atoms with Crippen LogP contribution in [-0.2, 0) is 16.0 Å². The fourth-order valence-electron chi connectivity index (χ4n) is 0.752. The lowest BCUT2D eigenvalue weighted by atomic mass is 10.3. The summed E-state index contributed by atoms with van der Waals surface area (Å²) in [5.74, 6) is 0.295. The van der Waals surface area contributed by atoms with Gasteiger partial charge in [0.25, 0.3) is 0 Å². The summed E-state index contributed by atoms with van der Waals surface area (Å²) in [5.41, 5.74) is 5.46. The van der Waals surface area contributed by atoms with E-state index in [1.807, 2.05) is 0 Å². The van der Waals surface area contributed by atoms with Gasteiger partial charge >= 0.3 is 11.1 Å². The zero-order chi connectivity index (χ0) is 9.84. The average molecular weight is 220 g/mol. The van der Waals surface area contributed by atoms with Crippen molar-refractivity contribution in [2.75, 3.05) is 12.8 Å². The molecule has 5 nitrogen and oxygen atoms in total. The van der Waals surface area contributed by atoms with E-state index in [4.69, 9.17) is 5.73 Å². The lowest BCUT2D eigenvalue weighted by Crippen LogP contribution is -2.02. The predicted octanol–water partition coefficient (Wildman–Crippen LogP) is 0.606. The highest BCUT2D eigenvalue weighted by molar-refractivity contribution is 8.33. The van der Waals surface area contributed by atoms with Gasteiger partial charge in [-0.3, -0.25) is 4.79 Å². The molecular formula is C6H10N3O2S2+. The first-order valence-corrected chi connectivity index (χ1v) is 5.79. The molecule has 0 bridgehead atoms. The molecule has 1 unspecified atom stereocenters. The zero-order valence-electron chi connectivity index (χ0n) is 7.06. The normalized spacial score (nSPS) is 11.4. The predicted molar refractivity (Wildman–Crippen MR) is 53.6 cm³/mol. The molecule has 0 saturated carbocycles. The summed E-state index contributed by atoms with van der Waals surface area (Å²) in [6.45, 7) is 0. The molecule has 0 saturated heterocycles. The number of aryl methyl sites for hydroxylation is 1. The van der Waals surface area contributed by atoms with Crippen molar-refractivity contribution in [1.82, 2.24) is 9.36 Å². The van der Waals surface area contributed by atoms with Crippen molar-refractivity contribution in [1.29, 1.82) is 0 Å². The number of esters is 1. The van der Waals surface area contributed by atoms with Gasteiger partial charge < -0.3 is 10.5 Å². The van der Waals surface area contributed by atoms with Gasteiger partial charge in [-0.05, 0) is 4.37 Å². The molecule has 0 radical (unpaired) electrons. The lowest BCUT2D eigenvalue weighted by Gasteiger charge is -1.93. The topological polar surface area (TPSA) is 78.1 Å². The van der Waals surface area contributed by atoms with E-state index in [1.54, 1.807) is 0 Å². The summed E-state index contributed by atoms with van der Waals surface area (Å²) in [4.78, 5) is 14.7. The van der Waals surface area contributed by atoms with Crippen LogP contribution >= 0.6 is 21.4 Å². The van der Waals surface area contributed by atoms with Crippen LogP contribution in [0, 0.1) is 0 Å². The number of carbonyl (C=O) groups excluding carboxylic acids is 1. The summed E-state index contributed by atoms with van der Waals surface area (Å²) in [6, 6.07) is 0. The largest absolute Gasteiger partial charge is 0.469 e. The van der Waals surface area contributed by atoms with Crippen molar-refractivity contribution in [3.63, 3.8) is 0 Å². The Balaban J connectivity index is 2.50. The summed E-state index contributed by atoms with van der Waals surface area (Å²) in [7, 11) is 0.741. The summed E-state index contributed by atoms with van der Waals surface area (Å²) < 4.78 is 8.52. The van der Waals surface area contributed by atoms with E-state index >= 15 is 0 Å². The molecular weight excluding hydrogens is 210 g/mol. The van der Waals surface area contributed by atoms with Crippen LogP contribution in [0.15, 0.2) is 0 Å². The number of thiol groups is 1. The second-order valence-corrected chi connectivity index (χ2v) is 4.46. The van der Waals surface area contributed by atoms with Crippen molar-refractivity contribution in [3.8, 4) is 0 Å². The minimum Gasteiger partial charge on any atom is -0.469 e. The Labute approximate surface area is 83.2 Å². The van der Waals surface area contributed by atoms with Gasteiger partial charge in [-0.2, -0.15) is 4.98 Å². The van der Waals surface area contributed by atoms with Gasteiger partial charge in [-0.25, -0.2) is 0 Å². The molecule has 2 N–H and O–H groups in total. The van der Waals surface area contributed by atoms with E-state index in [0.29, 0.717) is 17.4 Å². The van der Waals surface area contributed by atoms with Crippen molar-refractivity contribution in [3.05, 3.63) is 5.82 Å². The number of anilines is 1. The van der Waals surface area contributed by atoms with Crippen molar-refractivity contribution < 1.29 is 9.53 Å². The second kappa shape index (κ2) is 4.43. The van der Waals surface area contributed by atoms with E-state index in [2.05, 4.69) is 25.8 Å². The SMILES string of the molecule is COC(=O)CCc1nc(N)[s+](S)n1. The molecule has 0 fully saturated rings. The standard InChI is InChI=1S/C6H10N3O2S2/c1-11-5(10)3-2-4-8-6(7)13(12)9-4/h12H,2-3H2,1H3,(H2,7,8,9)/q+1. The summed E-state index contributed by atoms with van der Waals surface area (Å²) >= 11 is 4.08. The quantitative estimate of drug-likeness (QED) is 0.338. The molecule has 0 aliphatic heterocycles. The molecule has 1 aromatic heterocycles. The molecule has 1 atom stereocenters. The Morgan fingerprint density at radius 3 is 2.92 bits per heavy atom. The first-order valence-electron chi connectivity index (χ1n) is 3.55. The molecule has 7 heteroatoms. The molecule has 1 aromatic rings. The Hall–Kier alpha value is -0.820. The van der Waals surface area contributed by atoms with Crippen molar-refractivity contribution in [2.24, 2.45) is 0 Å². The molecule has 0 spiro atoms. The van der Waals surface area contributed by atoms with Crippen LogP contribution in [0.4, 0.5) is 5.13 Å². The average Bonchev–Trinajstić information content (AvgIpc) is 2.42. The Bertz CT molecular complexity index is 293. The van der Waals surface area contributed by atoms with Crippen molar-refractivity contribution >= 4 is 32.5 Å². The van der Waals surface area contributed by atoms with Gasteiger partial charge in [0.1, 0.15) is 11.7 Å². The third-order valence-electron chi connectivity index (χ3n) is 1.40. The number of hydrogen-bond donors (Lipinski definition) is 2. The van der Waals surface area contributed by atoms with E-state index < -0.39 is 9.70 Å². The van der Waals surface area contributed by atoms with E-state index in [9.17, 15) is 4.79 Å². The Morgan fingerprint density at radius 2 is 2.46 bits per heavy atom. The number of hydrogen-bond acceptors (Lipinski definition) is 6. The molecule has 1 rings (SSSR count). The maximum absolute atomic E-state index is 10.8. The van der Waals surface area contributed by atoms with E-state index in [0.717, 1.165) is 0 Å². The third-order valence-corrected chi connectivity index (χ3v) is 3.05. The van der Waals surface area contributed by atoms with Crippen LogP contribution in [0.2, 0.25) is 0 Å². The zero-order valence-corrected chi connectivity index (χ0v) is 8.77. The van der Waals surface area contributed by atoms with Crippen LogP contribution in [0.1, 0.15) is 12.2 Å². The minimum atomic E-state index is -0.606. The highest BCUT2D eigenvalue weighted by Gasteiger charge is 2.16. The first kappa shape index (κ1) is 10.3. The number of aromatic nitrogens is 2. The van der Waals surface area contributed by atoms with Gasteiger partial charge in [0.2, 0.25) is 9.70 Å².